The highest BCUT2D eigenvalue weighted by atomic mass is 35.5. The van der Waals surface area contributed by atoms with E-state index in [4.69, 9.17) is 0 Å². The Bertz CT molecular complexity index is 457. The summed E-state index contributed by atoms with van der Waals surface area (Å²) in [6.07, 6.45) is 1.16. The van der Waals surface area contributed by atoms with Crippen molar-refractivity contribution < 1.29 is 0 Å². The molecule has 1 aliphatic heterocycles. The van der Waals surface area contributed by atoms with E-state index < -0.39 is 0 Å². The summed E-state index contributed by atoms with van der Waals surface area (Å²) in [6, 6.07) is 2.28. The van der Waals surface area contributed by atoms with Gasteiger partial charge in [-0.1, -0.05) is 6.07 Å². The predicted molar refractivity (Wildman–Crippen MR) is 88.3 cm³/mol. The molecule has 0 spiro atoms. The van der Waals surface area contributed by atoms with Crippen molar-refractivity contribution in [1.29, 1.82) is 0 Å². The van der Waals surface area contributed by atoms with Gasteiger partial charge in [-0.3, -0.25) is 4.99 Å². The van der Waals surface area contributed by atoms with Crippen LogP contribution in [0.4, 0.5) is 0 Å². The maximum absolute atomic E-state index is 4.53. The molecule has 0 fully saturated rings. The second-order valence-corrected chi connectivity index (χ2v) is 5.97. The third kappa shape index (κ3) is 3.90. The number of amidine groups is 1. The Kier molecular flexibility index (Phi) is 6.21. The van der Waals surface area contributed by atoms with Crippen LogP contribution in [0.25, 0.3) is 0 Å². The van der Waals surface area contributed by atoms with Gasteiger partial charge < -0.3 is 5.32 Å². The van der Waals surface area contributed by atoms with Gasteiger partial charge in [0.05, 0.1) is 5.75 Å². The number of hydrogen-bond donors (Lipinski definition) is 1. The second-order valence-electron chi connectivity index (χ2n) is 4.99. The van der Waals surface area contributed by atoms with E-state index in [9.17, 15) is 0 Å². The van der Waals surface area contributed by atoms with E-state index in [-0.39, 0.29) is 12.4 Å². The molecule has 1 aliphatic rings. The number of nitrogens with zero attached hydrogens (tertiary/aromatic N) is 1. The molecule has 0 bridgehead atoms. The Hall–Kier alpha value is -0.670. The molecule has 106 valence electrons. The number of thioether (sulfide) groups is 1. The lowest BCUT2D eigenvalue weighted by Crippen LogP contribution is -2.31. The standard InChI is InChI=1S/C15H22N2S.ClH/c1-10-8-11(2)13(4)15(12(10)3)18-9-14-16-6-5-7-17-14;/h8H,5-7,9H2,1-4H3,(H,16,17);1H. The molecule has 0 unspecified atom stereocenters. The fraction of sp³-hybridized carbons (Fsp3) is 0.533. The molecular formula is C15H23ClN2S. The van der Waals surface area contributed by atoms with Crippen molar-refractivity contribution in [3.8, 4) is 0 Å². The van der Waals surface area contributed by atoms with Crippen LogP contribution in [0.1, 0.15) is 28.7 Å². The van der Waals surface area contributed by atoms with Gasteiger partial charge in [-0.05, 0) is 56.4 Å². The number of halogens is 1. The first-order chi connectivity index (χ1) is 8.59. The lowest BCUT2D eigenvalue weighted by Gasteiger charge is -2.17. The van der Waals surface area contributed by atoms with Crippen LogP contribution in [-0.4, -0.2) is 24.7 Å². The summed E-state index contributed by atoms with van der Waals surface area (Å²) in [6.45, 7) is 10.9. The average Bonchev–Trinajstić information content (AvgIpc) is 2.38. The highest BCUT2D eigenvalue weighted by Gasteiger charge is 2.11. The van der Waals surface area contributed by atoms with Gasteiger partial charge in [0.25, 0.3) is 0 Å². The highest BCUT2D eigenvalue weighted by Crippen LogP contribution is 2.30. The molecule has 0 aromatic heterocycles. The number of rotatable bonds is 3. The lowest BCUT2D eigenvalue weighted by molar-refractivity contribution is 0.740. The summed E-state index contributed by atoms with van der Waals surface area (Å²) in [5, 5.41) is 3.39. The molecule has 0 radical (unpaired) electrons. The lowest BCUT2D eigenvalue weighted by atomic mass is 10.0. The Morgan fingerprint density at radius 2 is 1.79 bits per heavy atom. The van der Waals surface area contributed by atoms with Crippen LogP contribution in [0.15, 0.2) is 16.0 Å². The van der Waals surface area contributed by atoms with Crippen LogP contribution in [0.5, 0.6) is 0 Å². The average molecular weight is 299 g/mol. The Balaban J connectivity index is 0.00000180. The van der Waals surface area contributed by atoms with Crippen LogP contribution < -0.4 is 5.32 Å². The van der Waals surface area contributed by atoms with Gasteiger partial charge in [-0.2, -0.15) is 0 Å². The summed E-state index contributed by atoms with van der Waals surface area (Å²) in [5.74, 6) is 2.12. The largest absolute Gasteiger partial charge is 0.373 e. The van der Waals surface area contributed by atoms with Crippen molar-refractivity contribution in [2.24, 2.45) is 4.99 Å². The summed E-state index contributed by atoms with van der Waals surface area (Å²) in [7, 11) is 0. The maximum atomic E-state index is 4.53. The minimum Gasteiger partial charge on any atom is -0.373 e. The molecule has 1 heterocycles. The molecule has 2 rings (SSSR count). The number of hydrogen-bond acceptors (Lipinski definition) is 3. The summed E-state index contributed by atoms with van der Waals surface area (Å²) in [4.78, 5) is 5.97. The van der Waals surface area contributed by atoms with E-state index in [1.54, 1.807) is 0 Å². The molecule has 2 nitrogen and oxygen atoms in total. The quantitative estimate of drug-likeness (QED) is 0.858. The normalized spacial score (nSPS) is 14.4. The monoisotopic (exact) mass is 298 g/mol. The fourth-order valence-corrected chi connectivity index (χ4v) is 3.45. The third-order valence-electron chi connectivity index (χ3n) is 3.62. The number of benzene rings is 1. The molecule has 0 amide bonds. The van der Waals surface area contributed by atoms with Crippen molar-refractivity contribution in [3.63, 3.8) is 0 Å². The van der Waals surface area contributed by atoms with Crippen molar-refractivity contribution in [1.82, 2.24) is 5.32 Å². The van der Waals surface area contributed by atoms with Crippen molar-refractivity contribution in [2.75, 3.05) is 18.8 Å². The summed E-state index contributed by atoms with van der Waals surface area (Å²) in [5.41, 5.74) is 5.61. The third-order valence-corrected chi connectivity index (χ3v) is 4.94. The van der Waals surface area contributed by atoms with E-state index >= 15 is 0 Å². The fourth-order valence-electron chi connectivity index (χ4n) is 2.22. The zero-order valence-corrected chi connectivity index (χ0v) is 13.8. The molecule has 19 heavy (non-hydrogen) atoms. The maximum Gasteiger partial charge on any atom is 0.107 e. The van der Waals surface area contributed by atoms with Gasteiger partial charge in [0.1, 0.15) is 5.84 Å². The van der Waals surface area contributed by atoms with Gasteiger partial charge >= 0.3 is 0 Å². The Morgan fingerprint density at radius 1 is 1.16 bits per heavy atom. The SMILES string of the molecule is Cc1cc(C)c(C)c(SCC2=NCCCN2)c1C.Cl. The summed E-state index contributed by atoms with van der Waals surface area (Å²) < 4.78 is 0. The van der Waals surface area contributed by atoms with Gasteiger partial charge in [0.2, 0.25) is 0 Å². The van der Waals surface area contributed by atoms with Crippen molar-refractivity contribution in [3.05, 3.63) is 28.3 Å². The first kappa shape index (κ1) is 16.4. The van der Waals surface area contributed by atoms with Crippen LogP contribution in [-0.2, 0) is 0 Å². The van der Waals surface area contributed by atoms with Gasteiger partial charge in [-0.15, -0.1) is 24.2 Å². The zero-order chi connectivity index (χ0) is 13.1. The van der Waals surface area contributed by atoms with Crippen LogP contribution >= 0.6 is 24.2 Å². The van der Waals surface area contributed by atoms with E-state index in [0.717, 1.165) is 31.1 Å². The van der Waals surface area contributed by atoms with Crippen LogP contribution in [0.2, 0.25) is 0 Å². The minimum atomic E-state index is 0. The van der Waals surface area contributed by atoms with E-state index in [1.165, 1.54) is 27.1 Å². The van der Waals surface area contributed by atoms with E-state index in [2.05, 4.69) is 44.1 Å². The van der Waals surface area contributed by atoms with Crippen molar-refractivity contribution in [2.45, 2.75) is 39.0 Å². The van der Waals surface area contributed by atoms with Gasteiger partial charge in [0.15, 0.2) is 0 Å². The van der Waals surface area contributed by atoms with E-state index in [0.29, 0.717) is 0 Å². The summed E-state index contributed by atoms with van der Waals surface area (Å²) >= 11 is 1.92. The van der Waals surface area contributed by atoms with Crippen molar-refractivity contribution >= 4 is 30.0 Å². The first-order valence-electron chi connectivity index (χ1n) is 6.57. The number of aliphatic imine (C=N–C) groups is 1. The van der Waals surface area contributed by atoms with Crippen LogP contribution in [0.3, 0.4) is 0 Å². The highest BCUT2D eigenvalue weighted by molar-refractivity contribution is 8.00. The molecule has 1 N–H and O–H groups in total. The number of aryl methyl sites for hydroxylation is 2. The molecule has 1 aromatic carbocycles. The number of nitrogens with one attached hydrogen (secondary N) is 1. The molecule has 1 aromatic rings. The molecule has 4 heteroatoms. The molecular weight excluding hydrogens is 276 g/mol. The molecule has 0 saturated heterocycles. The first-order valence-corrected chi connectivity index (χ1v) is 7.55. The molecule has 0 aliphatic carbocycles. The van der Waals surface area contributed by atoms with E-state index in [1.807, 2.05) is 11.8 Å². The molecule has 0 saturated carbocycles. The topological polar surface area (TPSA) is 24.4 Å². The Labute approximate surface area is 126 Å². The second kappa shape index (κ2) is 7.20. The van der Waals surface area contributed by atoms with Crippen LogP contribution in [0, 0.1) is 27.7 Å². The predicted octanol–water partition coefficient (Wildman–Crippen LogP) is 3.83. The zero-order valence-electron chi connectivity index (χ0n) is 12.2. The minimum absolute atomic E-state index is 0. The smallest absolute Gasteiger partial charge is 0.107 e. The van der Waals surface area contributed by atoms with Gasteiger partial charge in [0, 0.05) is 18.0 Å². The van der Waals surface area contributed by atoms with Gasteiger partial charge in [-0.25, -0.2) is 0 Å². The molecule has 0 atom stereocenters. The Morgan fingerprint density at radius 3 is 2.32 bits per heavy atom.